The maximum Gasteiger partial charge on any atom is 0.226 e. The number of ether oxygens (including phenoxy) is 1. The predicted octanol–water partition coefficient (Wildman–Crippen LogP) is 2.47. The van der Waals surface area contributed by atoms with Gasteiger partial charge in [-0.05, 0) is 27.7 Å². The number of H-pyrrole nitrogens is 1. The standard InChI is InChI=1S/C13H19N5O/c1-8(2)19-12-5-9(3)16-13(18-12)17-10(4)11-6-14-15-7-11/h5-8,10H,1-4H3,(H,14,15)(H,16,17,18). The van der Waals surface area contributed by atoms with Crippen molar-refractivity contribution >= 4 is 5.95 Å². The summed E-state index contributed by atoms with van der Waals surface area (Å²) in [4.78, 5) is 8.71. The van der Waals surface area contributed by atoms with Gasteiger partial charge < -0.3 is 10.1 Å². The van der Waals surface area contributed by atoms with Crippen molar-refractivity contribution in [1.29, 1.82) is 0 Å². The predicted molar refractivity (Wildman–Crippen MR) is 73.2 cm³/mol. The second-order valence-electron chi connectivity index (χ2n) is 4.74. The Labute approximate surface area is 112 Å². The number of hydrogen-bond donors (Lipinski definition) is 2. The molecule has 1 atom stereocenters. The lowest BCUT2D eigenvalue weighted by Crippen LogP contribution is -2.12. The van der Waals surface area contributed by atoms with E-state index in [1.807, 2.05) is 40.0 Å². The number of rotatable bonds is 5. The zero-order valence-electron chi connectivity index (χ0n) is 11.6. The number of aromatic amines is 1. The highest BCUT2D eigenvalue weighted by Crippen LogP contribution is 2.18. The van der Waals surface area contributed by atoms with Crippen LogP contribution >= 0.6 is 0 Å². The van der Waals surface area contributed by atoms with Gasteiger partial charge in [-0.2, -0.15) is 10.1 Å². The van der Waals surface area contributed by atoms with Crippen LogP contribution in [0, 0.1) is 6.92 Å². The van der Waals surface area contributed by atoms with Crippen molar-refractivity contribution in [2.45, 2.75) is 39.8 Å². The Morgan fingerprint density at radius 1 is 1.26 bits per heavy atom. The molecule has 0 saturated heterocycles. The molecule has 102 valence electrons. The third kappa shape index (κ3) is 3.67. The molecule has 19 heavy (non-hydrogen) atoms. The van der Waals surface area contributed by atoms with Gasteiger partial charge in [-0.3, -0.25) is 5.10 Å². The fourth-order valence-electron chi connectivity index (χ4n) is 1.68. The lowest BCUT2D eigenvalue weighted by molar-refractivity contribution is 0.232. The lowest BCUT2D eigenvalue weighted by atomic mass is 10.2. The van der Waals surface area contributed by atoms with Crippen LogP contribution in [0.2, 0.25) is 0 Å². The maximum atomic E-state index is 5.60. The summed E-state index contributed by atoms with van der Waals surface area (Å²) in [6, 6.07) is 1.90. The van der Waals surface area contributed by atoms with Crippen LogP contribution in [0.1, 0.15) is 38.1 Å². The Morgan fingerprint density at radius 2 is 2.05 bits per heavy atom. The first-order chi connectivity index (χ1) is 9.04. The largest absolute Gasteiger partial charge is 0.475 e. The number of anilines is 1. The highest BCUT2D eigenvalue weighted by atomic mass is 16.5. The molecule has 0 saturated carbocycles. The van der Waals surface area contributed by atoms with Crippen LogP contribution in [0.25, 0.3) is 0 Å². The molecule has 0 aliphatic heterocycles. The van der Waals surface area contributed by atoms with Gasteiger partial charge in [-0.25, -0.2) is 4.98 Å². The molecule has 0 aliphatic rings. The van der Waals surface area contributed by atoms with Gasteiger partial charge in [0.05, 0.1) is 18.3 Å². The van der Waals surface area contributed by atoms with Crippen LogP contribution in [0.4, 0.5) is 5.95 Å². The van der Waals surface area contributed by atoms with Gasteiger partial charge in [0.25, 0.3) is 0 Å². The van der Waals surface area contributed by atoms with E-state index >= 15 is 0 Å². The minimum absolute atomic E-state index is 0.0763. The van der Waals surface area contributed by atoms with Gasteiger partial charge in [0.2, 0.25) is 11.8 Å². The highest BCUT2D eigenvalue weighted by Gasteiger charge is 2.10. The first-order valence-electron chi connectivity index (χ1n) is 6.32. The third-order valence-electron chi connectivity index (χ3n) is 2.55. The molecule has 2 heterocycles. The molecule has 2 aromatic rings. The van der Waals surface area contributed by atoms with Crippen molar-refractivity contribution in [2.75, 3.05) is 5.32 Å². The number of nitrogens with one attached hydrogen (secondary N) is 2. The molecule has 0 aliphatic carbocycles. The van der Waals surface area contributed by atoms with Gasteiger partial charge in [0, 0.05) is 23.5 Å². The van der Waals surface area contributed by atoms with Gasteiger partial charge in [0.15, 0.2) is 0 Å². The Kier molecular flexibility index (Phi) is 3.99. The van der Waals surface area contributed by atoms with E-state index < -0.39 is 0 Å². The van der Waals surface area contributed by atoms with E-state index in [9.17, 15) is 0 Å². The third-order valence-corrected chi connectivity index (χ3v) is 2.55. The topological polar surface area (TPSA) is 75.7 Å². The molecule has 0 spiro atoms. The summed E-state index contributed by atoms with van der Waals surface area (Å²) in [7, 11) is 0. The number of aryl methyl sites for hydroxylation is 1. The van der Waals surface area contributed by atoms with E-state index in [0.29, 0.717) is 11.8 Å². The normalized spacial score (nSPS) is 12.5. The van der Waals surface area contributed by atoms with Gasteiger partial charge in [-0.15, -0.1) is 0 Å². The van der Waals surface area contributed by atoms with Gasteiger partial charge >= 0.3 is 0 Å². The van der Waals surface area contributed by atoms with E-state index in [-0.39, 0.29) is 12.1 Å². The number of hydrogen-bond acceptors (Lipinski definition) is 5. The van der Waals surface area contributed by atoms with Crippen LogP contribution in [0.15, 0.2) is 18.5 Å². The second-order valence-corrected chi connectivity index (χ2v) is 4.74. The summed E-state index contributed by atoms with van der Waals surface area (Å²) in [6.07, 6.45) is 3.71. The van der Waals surface area contributed by atoms with Crippen LogP contribution in [-0.4, -0.2) is 26.3 Å². The molecule has 6 heteroatoms. The minimum Gasteiger partial charge on any atom is -0.475 e. The van der Waals surface area contributed by atoms with Crippen LogP contribution in [0.3, 0.4) is 0 Å². The first-order valence-corrected chi connectivity index (χ1v) is 6.32. The monoisotopic (exact) mass is 261 g/mol. The Balaban J connectivity index is 2.13. The second kappa shape index (κ2) is 5.69. The summed E-state index contributed by atoms with van der Waals surface area (Å²) in [5.41, 5.74) is 1.92. The van der Waals surface area contributed by atoms with E-state index in [1.165, 1.54) is 0 Å². The minimum atomic E-state index is 0.0763. The van der Waals surface area contributed by atoms with E-state index in [2.05, 4.69) is 25.5 Å². The molecule has 0 aromatic carbocycles. The van der Waals surface area contributed by atoms with Crippen molar-refractivity contribution in [3.05, 3.63) is 29.7 Å². The maximum absolute atomic E-state index is 5.60. The fourth-order valence-corrected chi connectivity index (χ4v) is 1.68. The SMILES string of the molecule is Cc1cc(OC(C)C)nc(NC(C)c2cn[nH]c2)n1. The van der Waals surface area contributed by atoms with E-state index in [4.69, 9.17) is 4.74 Å². The van der Waals surface area contributed by atoms with Gasteiger partial charge in [0.1, 0.15) is 0 Å². The Bertz CT molecular complexity index is 524. The zero-order chi connectivity index (χ0) is 13.8. The van der Waals surface area contributed by atoms with Gasteiger partial charge in [-0.1, -0.05) is 0 Å². The Hall–Kier alpha value is -2.11. The van der Waals surface area contributed by atoms with Crippen LogP contribution in [0.5, 0.6) is 5.88 Å². The average molecular weight is 261 g/mol. The summed E-state index contributed by atoms with van der Waals surface area (Å²) in [6.45, 7) is 7.89. The lowest BCUT2D eigenvalue weighted by Gasteiger charge is -2.14. The molecule has 1 unspecified atom stereocenters. The summed E-state index contributed by atoms with van der Waals surface area (Å²) in [5.74, 6) is 1.15. The molecule has 0 bridgehead atoms. The summed E-state index contributed by atoms with van der Waals surface area (Å²) >= 11 is 0. The average Bonchev–Trinajstić information content (AvgIpc) is 2.79. The Morgan fingerprint density at radius 3 is 2.68 bits per heavy atom. The van der Waals surface area contributed by atoms with E-state index in [0.717, 1.165) is 11.3 Å². The van der Waals surface area contributed by atoms with Crippen molar-refractivity contribution in [3.8, 4) is 5.88 Å². The molecule has 6 nitrogen and oxygen atoms in total. The van der Waals surface area contributed by atoms with Crippen molar-refractivity contribution < 1.29 is 4.74 Å². The molecular weight excluding hydrogens is 242 g/mol. The molecule has 0 radical (unpaired) electrons. The molecular formula is C13H19N5O. The zero-order valence-corrected chi connectivity index (χ0v) is 11.6. The van der Waals surface area contributed by atoms with Crippen molar-refractivity contribution in [1.82, 2.24) is 20.2 Å². The quantitative estimate of drug-likeness (QED) is 0.864. The molecule has 2 rings (SSSR count). The van der Waals surface area contributed by atoms with Crippen LogP contribution < -0.4 is 10.1 Å². The number of nitrogens with zero attached hydrogens (tertiary/aromatic N) is 3. The van der Waals surface area contributed by atoms with Crippen LogP contribution in [-0.2, 0) is 0 Å². The van der Waals surface area contributed by atoms with E-state index in [1.54, 1.807) is 6.20 Å². The number of aromatic nitrogens is 4. The molecule has 0 amide bonds. The summed E-state index contributed by atoms with van der Waals surface area (Å²) < 4.78 is 5.60. The first kappa shape index (κ1) is 13.3. The smallest absolute Gasteiger partial charge is 0.226 e. The fraction of sp³-hybridized carbons (Fsp3) is 0.462. The highest BCUT2D eigenvalue weighted by molar-refractivity contribution is 5.33. The molecule has 2 aromatic heterocycles. The van der Waals surface area contributed by atoms with Crippen molar-refractivity contribution in [2.24, 2.45) is 0 Å². The molecule has 2 N–H and O–H groups in total. The van der Waals surface area contributed by atoms with Crippen molar-refractivity contribution in [3.63, 3.8) is 0 Å². The summed E-state index contributed by atoms with van der Waals surface area (Å²) in [5, 5.41) is 9.96. The molecule has 0 fully saturated rings.